The van der Waals surface area contributed by atoms with Crippen molar-refractivity contribution in [3.63, 3.8) is 0 Å². The number of amides is 1. The SMILES string of the molecule is [NH]C(=O)CNCCNCCNCCN. The first-order valence-electron chi connectivity index (χ1n) is 4.84. The molecular formula is C8H20N5O. The predicted octanol–water partition coefficient (Wildman–Crippen LogP) is -2.48. The van der Waals surface area contributed by atoms with Gasteiger partial charge in [-0.15, -0.1) is 0 Å². The van der Waals surface area contributed by atoms with Gasteiger partial charge >= 0.3 is 0 Å². The van der Waals surface area contributed by atoms with Crippen LogP contribution in [0.1, 0.15) is 0 Å². The highest BCUT2D eigenvalue weighted by Crippen LogP contribution is 1.62. The molecule has 0 aliphatic heterocycles. The summed E-state index contributed by atoms with van der Waals surface area (Å²) in [5.41, 5.74) is 11.9. The predicted molar refractivity (Wildman–Crippen MR) is 55.8 cm³/mol. The van der Waals surface area contributed by atoms with Gasteiger partial charge in [0.25, 0.3) is 5.91 Å². The molecular weight excluding hydrogens is 182 g/mol. The van der Waals surface area contributed by atoms with E-state index in [2.05, 4.69) is 16.0 Å². The molecule has 1 amide bonds. The zero-order valence-corrected chi connectivity index (χ0v) is 8.44. The van der Waals surface area contributed by atoms with Gasteiger partial charge in [-0.2, -0.15) is 0 Å². The first-order valence-corrected chi connectivity index (χ1v) is 4.84. The Morgan fingerprint density at radius 3 is 2.00 bits per heavy atom. The molecule has 0 aromatic heterocycles. The molecule has 0 fully saturated rings. The molecule has 0 saturated heterocycles. The molecule has 83 valence electrons. The fourth-order valence-electron chi connectivity index (χ4n) is 0.908. The van der Waals surface area contributed by atoms with E-state index in [1.165, 1.54) is 0 Å². The minimum atomic E-state index is -0.574. The van der Waals surface area contributed by atoms with E-state index in [1.54, 1.807) is 0 Å². The first-order chi connectivity index (χ1) is 6.77. The lowest BCUT2D eigenvalue weighted by Gasteiger charge is -2.05. The number of nitrogens with two attached hydrogens (primary N) is 1. The summed E-state index contributed by atoms with van der Waals surface area (Å²) in [4.78, 5) is 10.2. The van der Waals surface area contributed by atoms with E-state index in [1.807, 2.05) is 0 Å². The number of rotatable bonds is 10. The fraction of sp³-hybridized carbons (Fsp3) is 0.875. The maximum absolute atomic E-state index is 10.2. The van der Waals surface area contributed by atoms with Gasteiger partial charge in [0.1, 0.15) is 0 Å². The standard InChI is InChI=1S/C8H20N5O/c9-1-2-11-3-4-12-5-6-13-7-8(10)14/h10-13H,1-7,9H2. The van der Waals surface area contributed by atoms with Crippen molar-refractivity contribution in [2.75, 3.05) is 45.8 Å². The lowest BCUT2D eigenvalue weighted by Crippen LogP contribution is -2.35. The summed E-state index contributed by atoms with van der Waals surface area (Å²) in [6, 6.07) is 0. The number of carbonyl (C=O) groups is 1. The van der Waals surface area contributed by atoms with Gasteiger partial charge in [0, 0.05) is 39.3 Å². The topological polar surface area (TPSA) is 103 Å². The number of hydrogen-bond donors (Lipinski definition) is 4. The molecule has 0 unspecified atom stereocenters. The Balaban J connectivity index is 2.88. The molecule has 6 N–H and O–H groups in total. The van der Waals surface area contributed by atoms with Crippen molar-refractivity contribution in [1.29, 1.82) is 0 Å². The zero-order valence-electron chi connectivity index (χ0n) is 8.44. The van der Waals surface area contributed by atoms with E-state index >= 15 is 0 Å². The van der Waals surface area contributed by atoms with E-state index in [4.69, 9.17) is 11.5 Å². The van der Waals surface area contributed by atoms with E-state index in [0.717, 1.165) is 26.2 Å². The highest BCUT2D eigenvalue weighted by Gasteiger charge is 1.92. The summed E-state index contributed by atoms with van der Waals surface area (Å²) in [7, 11) is 0. The highest BCUT2D eigenvalue weighted by molar-refractivity contribution is 5.75. The van der Waals surface area contributed by atoms with Crippen molar-refractivity contribution >= 4 is 5.91 Å². The second-order valence-corrected chi connectivity index (χ2v) is 2.89. The maximum Gasteiger partial charge on any atom is 0.252 e. The summed E-state index contributed by atoms with van der Waals surface area (Å²) in [5.74, 6) is -0.574. The van der Waals surface area contributed by atoms with Crippen molar-refractivity contribution in [1.82, 2.24) is 21.7 Å². The van der Waals surface area contributed by atoms with Crippen LogP contribution in [0.2, 0.25) is 0 Å². The van der Waals surface area contributed by atoms with Gasteiger partial charge in [0.15, 0.2) is 0 Å². The van der Waals surface area contributed by atoms with Gasteiger partial charge in [-0.1, -0.05) is 0 Å². The van der Waals surface area contributed by atoms with E-state index < -0.39 is 5.91 Å². The minimum Gasteiger partial charge on any atom is -0.329 e. The molecule has 0 aliphatic rings. The summed E-state index contributed by atoms with van der Waals surface area (Å²) in [6.07, 6.45) is 0. The molecule has 0 bridgehead atoms. The third kappa shape index (κ3) is 11.3. The second kappa shape index (κ2) is 10.4. The Kier molecular flexibility index (Phi) is 9.88. The third-order valence-corrected chi connectivity index (χ3v) is 1.56. The van der Waals surface area contributed by atoms with Crippen LogP contribution in [0.25, 0.3) is 0 Å². The first kappa shape index (κ1) is 13.3. The Hall–Kier alpha value is -0.690. The second-order valence-electron chi connectivity index (χ2n) is 2.89. The molecule has 0 atom stereocenters. The van der Waals surface area contributed by atoms with E-state index in [-0.39, 0.29) is 6.54 Å². The molecule has 0 aromatic carbocycles. The maximum atomic E-state index is 10.2. The van der Waals surface area contributed by atoms with Gasteiger partial charge in [-0.05, 0) is 0 Å². The average Bonchev–Trinajstić information content (AvgIpc) is 2.15. The lowest BCUT2D eigenvalue weighted by atomic mass is 10.5. The summed E-state index contributed by atoms with van der Waals surface area (Å²) < 4.78 is 0. The summed E-state index contributed by atoms with van der Waals surface area (Å²) in [5, 5.41) is 9.18. The van der Waals surface area contributed by atoms with Crippen LogP contribution in [-0.4, -0.2) is 51.7 Å². The molecule has 6 heteroatoms. The van der Waals surface area contributed by atoms with Crippen LogP contribution in [0.15, 0.2) is 0 Å². The number of hydrogen-bond acceptors (Lipinski definition) is 5. The van der Waals surface area contributed by atoms with Gasteiger partial charge in [-0.3, -0.25) is 10.5 Å². The Labute approximate surface area is 84.8 Å². The lowest BCUT2D eigenvalue weighted by molar-refractivity contribution is -0.117. The van der Waals surface area contributed by atoms with Crippen LogP contribution in [-0.2, 0) is 4.79 Å². The van der Waals surface area contributed by atoms with Crippen molar-refractivity contribution in [2.24, 2.45) is 5.73 Å². The minimum absolute atomic E-state index is 0.132. The largest absolute Gasteiger partial charge is 0.329 e. The average molecular weight is 202 g/mol. The Morgan fingerprint density at radius 1 is 1.00 bits per heavy atom. The fourth-order valence-corrected chi connectivity index (χ4v) is 0.908. The van der Waals surface area contributed by atoms with Gasteiger partial charge in [0.2, 0.25) is 0 Å². The van der Waals surface area contributed by atoms with E-state index in [9.17, 15) is 4.79 Å². The Bertz CT molecular complexity index is 142. The summed E-state index contributed by atoms with van der Waals surface area (Å²) >= 11 is 0. The van der Waals surface area contributed by atoms with E-state index in [0.29, 0.717) is 13.1 Å². The molecule has 0 rings (SSSR count). The normalized spacial score (nSPS) is 10.4. The molecule has 0 aliphatic carbocycles. The van der Waals surface area contributed by atoms with Crippen molar-refractivity contribution < 1.29 is 4.79 Å². The molecule has 14 heavy (non-hydrogen) atoms. The molecule has 1 radical (unpaired) electrons. The monoisotopic (exact) mass is 202 g/mol. The van der Waals surface area contributed by atoms with Gasteiger partial charge in [-0.25, -0.2) is 0 Å². The zero-order chi connectivity index (χ0) is 10.6. The van der Waals surface area contributed by atoms with Crippen LogP contribution in [0.3, 0.4) is 0 Å². The molecule has 6 nitrogen and oxygen atoms in total. The number of nitrogens with one attached hydrogen (secondary N) is 4. The summed E-state index contributed by atoms with van der Waals surface area (Å²) in [6.45, 7) is 4.93. The van der Waals surface area contributed by atoms with Crippen molar-refractivity contribution in [3.8, 4) is 0 Å². The molecule has 0 spiro atoms. The molecule has 0 aromatic rings. The van der Waals surface area contributed by atoms with Crippen molar-refractivity contribution in [3.05, 3.63) is 0 Å². The van der Waals surface area contributed by atoms with Crippen LogP contribution in [0.5, 0.6) is 0 Å². The van der Waals surface area contributed by atoms with Crippen LogP contribution < -0.4 is 27.4 Å². The van der Waals surface area contributed by atoms with Gasteiger partial charge in [0.05, 0.1) is 6.54 Å². The number of carbonyl (C=O) groups excluding carboxylic acids is 1. The quantitative estimate of drug-likeness (QED) is 0.294. The van der Waals surface area contributed by atoms with Crippen LogP contribution >= 0.6 is 0 Å². The van der Waals surface area contributed by atoms with Crippen molar-refractivity contribution in [2.45, 2.75) is 0 Å². The Morgan fingerprint density at radius 2 is 1.50 bits per heavy atom. The van der Waals surface area contributed by atoms with Crippen LogP contribution in [0.4, 0.5) is 0 Å². The molecule has 0 saturated carbocycles. The van der Waals surface area contributed by atoms with Gasteiger partial charge < -0.3 is 21.7 Å². The van der Waals surface area contributed by atoms with Crippen LogP contribution in [0, 0.1) is 0 Å². The smallest absolute Gasteiger partial charge is 0.252 e. The highest BCUT2D eigenvalue weighted by atomic mass is 16.1. The third-order valence-electron chi connectivity index (χ3n) is 1.56. The molecule has 0 heterocycles.